The molecule has 4 heteroatoms. The van der Waals surface area contributed by atoms with E-state index >= 15 is 0 Å². The minimum atomic E-state index is -0.152. The van der Waals surface area contributed by atoms with Gasteiger partial charge in [-0.2, -0.15) is 0 Å². The molecule has 0 aliphatic carbocycles. The Balaban J connectivity index is 2.77. The lowest BCUT2D eigenvalue weighted by molar-refractivity contribution is -0.123. The molecule has 0 fully saturated rings. The summed E-state index contributed by atoms with van der Waals surface area (Å²) in [7, 11) is 0. The molecule has 1 heterocycles. The van der Waals surface area contributed by atoms with Crippen LogP contribution in [0.25, 0.3) is 0 Å². The predicted molar refractivity (Wildman–Crippen MR) is 81.6 cm³/mol. The highest BCUT2D eigenvalue weighted by atomic mass is 32.1. The molecule has 0 bridgehead atoms. The summed E-state index contributed by atoms with van der Waals surface area (Å²) in [6, 6.07) is -0.152. The molecule has 0 aliphatic rings. The van der Waals surface area contributed by atoms with E-state index < -0.39 is 0 Å². The Labute approximate surface area is 120 Å². The second-order valence-electron chi connectivity index (χ2n) is 7.33. The number of thiazole rings is 1. The molecule has 0 saturated heterocycles. The number of ketones is 1. The maximum Gasteiger partial charge on any atom is 0.150 e. The van der Waals surface area contributed by atoms with E-state index in [9.17, 15) is 4.79 Å². The van der Waals surface area contributed by atoms with Gasteiger partial charge in [0.1, 0.15) is 0 Å². The third-order valence-corrected chi connectivity index (χ3v) is 3.23. The van der Waals surface area contributed by atoms with Crippen molar-refractivity contribution in [3.63, 3.8) is 0 Å². The van der Waals surface area contributed by atoms with Crippen LogP contribution in [-0.4, -0.2) is 22.3 Å². The van der Waals surface area contributed by atoms with Crippen molar-refractivity contribution in [2.24, 2.45) is 5.41 Å². The van der Waals surface area contributed by atoms with Gasteiger partial charge in [-0.25, -0.2) is 4.98 Å². The first kappa shape index (κ1) is 16.3. The van der Waals surface area contributed by atoms with Crippen LogP contribution in [0.15, 0.2) is 10.9 Å². The summed E-state index contributed by atoms with van der Waals surface area (Å²) in [6.07, 6.45) is 1.26. The third kappa shape index (κ3) is 6.83. The van der Waals surface area contributed by atoms with E-state index in [1.807, 2.05) is 10.9 Å². The van der Waals surface area contributed by atoms with Crippen molar-refractivity contribution in [2.45, 2.75) is 66.0 Å². The zero-order chi connectivity index (χ0) is 14.7. The lowest BCUT2D eigenvalue weighted by Crippen LogP contribution is -2.49. The van der Waals surface area contributed by atoms with Gasteiger partial charge in [0.25, 0.3) is 0 Å². The Hall–Kier alpha value is -0.740. The van der Waals surface area contributed by atoms with E-state index in [4.69, 9.17) is 0 Å². The van der Waals surface area contributed by atoms with E-state index in [0.29, 0.717) is 12.8 Å². The van der Waals surface area contributed by atoms with Gasteiger partial charge in [0.2, 0.25) is 0 Å². The van der Waals surface area contributed by atoms with Gasteiger partial charge in [-0.1, -0.05) is 20.8 Å². The van der Waals surface area contributed by atoms with E-state index in [1.165, 1.54) is 0 Å². The molecule has 1 N–H and O–H groups in total. The Morgan fingerprint density at radius 2 is 1.95 bits per heavy atom. The van der Waals surface area contributed by atoms with Gasteiger partial charge in [-0.05, 0) is 26.2 Å². The number of carbonyl (C=O) groups is 1. The van der Waals surface area contributed by atoms with Crippen LogP contribution in [0.1, 0.15) is 53.7 Å². The van der Waals surface area contributed by atoms with Crippen LogP contribution in [0.4, 0.5) is 0 Å². The zero-order valence-electron chi connectivity index (χ0n) is 12.9. The van der Waals surface area contributed by atoms with Crippen molar-refractivity contribution in [3.05, 3.63) is 16.6 Å². The summed E-state index contributed by atoms with van der Waals surface area (Å²) in [6.45, 7) is 12.6. The highest BCUT2D eigenvalue weighted by molar-refractivity contribution is 7.07. The Morgan fingerprint density at radius 3 is 2.37 bits per heavy atom. The number of nitrogens with zero attached hydrogens (tertiary/aromatic N) is 1. The quantitative estimate of drug-likeness (QED) is 0.899. The topological polar surface area (TPSA) is 42.0 Å². The maximum atomic E-state index is 12.5. The molecule has 0 spiro atoms. The van der Waals surface area contributed by atoms with E-state index in [-0.39, 0.29) is 22.8 Å². The van der Waals surface area contributed by atoms with Gasteiger partial charge in [0, 0.05) is 23.8 Å². The van der Waals surface area contributed by atoms with Crippen LogP contribution < -0.4 is 5.32 Å². The maximum absolute atomic E-state index is 12.5. The van der Waals surface area contributed by atoms with E-state index in [2.05, 4.69) is 51.8 Å². The summed E-state index contributed by atoms with van der Waals surface area (Å²) in [5.74, 6) is 0.274. The fourth-order valence-electron chi connectivity index (χ4n) is 1.96. The standard InChI is InChI=1S/C15H26N2OS/c1-14(2,3)8-13(18)12(17-15(4,5)6)7-11-9-19-10-16-11/h9-10,12,17H,7-8H2,1-6H3/t12-/m0/s1. The highest BCUT2D eigenvalue weighted by Crippen LogP contribution is 2.21. The van der Waals surface area contributed by atoms with Gasteiger partial charge < -0.3 is 5.32 Å². The number of rotatable bonds is 5. The molecule has 0 aliphatic heterocycles. The normalized spacial score (nSPS) is 14.4. The van der Waals surface area contributed by atoms with Crippen molar-refractivity contribution < 1.29 is 4.79 Å². The number of aromatic nitrogens is 1. The van der Waals surface area contributed by atoms with Crippen molar-refractivity contribution >= 4 is 17.1 Å². The van der Waals surface area contributed by atoms with Crippen molar-refractivity contribution in [3.8, 4) is 0 Å². The zero-order valence-corrected chi connectivity index (χ0v) is 13.7. The Kier molecular flexibility index (Phi) is 5.27. The van der Waals surface area contributed by atoms with Gasteiger partial charge in [-0.15, -0.1) is 11.3 Å². The first-order valence-electron chi connectivity index (χ1n) is 6.74. The fourth-order valence-corrected chi connectivity index (χ4v) is 2.53. The molecule has 1 aromatic heterocycles. The first-order chi connectivity index (χ1) is 8.57. The van der Waals surface area contributed by atoms with E-state index in [0.717, 1.165) is 5.69 Å². The lowest BCUT2D eigenvalue weighted by atomic mass is 9.86. The van der Waals surface area contributed by atoms with Gasteiger partial charge in [-0.3, -0.25) is 4.79 Å². The summed E-state index contributed by atoms with van der Waals surface area (Å²) < 4.78 is 0. The molecule has 1 rings (SSSR count). The molecule has 0 radical (unpaired) electrons. The monoisotopic (exact) mass is 282 g/mol. The fraction of sp³-hybridized carbons (Fsp3) is 0.733. The molecule has 0 unspecified atom stereocenters. The minimum absolute atomic E-state index is 0.0248. The molecule has 0 aromatic carbocycles. The summed E-state index contributed by atoms with van der Waals surface area (Å²) in [5.41, 5.74) is 2.76. The Bertz CT molecular complexity index is 399. The molecular formula is C15H26N2OS. The van der Waals surface area contributed by atoms with Crippen LogP contribution in [-0.2, 0) is 11.2 Å². The SMILES string of the molecule is CC(C)(C)CC(=O)[C@H](Cc1cscn1)NC(C)(C)C. The highest BCUT2D eigenvalue weighted by Gasteiger charge is 2.27. The van der Waals surface area contributed by atoms with Gasteiger partial charge in [0.05, 0.1) is 17.2 Å². The molecule has 1 aromatic rings. The van der Waals surface area contributed by atoms with Crippen LogP contribution in [0.5, 0.6) is 0 Å². The van der Waals surface area contributed by atoms with Gasteiger partial charge in [0.15, 0.2) is 5.78 Å². The lowest BCUT2D eigenvalue weighted by Gasteiger charge is -2.29. The molecule has 1 atom stereocenters. The van der Waals surface area contributed by atoms with Crippen molar-refractivity contribution in [1.29, 1.82) is 0 Å². The van der Waals surface area contributed by atoms with Crippen molar-refractivity contribution in [2.75, 3.05) is 0 Å². The number of hydrogen-bond acceptors (Lipinski definition) is 4. The minimum Gasteiger partial charge on any atom is -0.302 e. The number of nitrogens with one attached hydrogen (secondary N) is 1. The number of hydrogen-bond donors (Lipinski definition) is 1. The molecule has 108 valence electrons. The van der Waals surface area contributed by atoms with Gasteiger partial charge >= 0.3 is 0 Å². The molecule has 0 amide bonds. The third-order valence-electron chi connectivity index (χ3n) is 2.60. The molecule has 19 heavy (non-hydrogen) atoms. The Morgan fingerprint density at radius 1 is 1.32 bits per heavy atom. The smallest absolute Gasteiger partial charge is 0.150 e. The number of Topliss-reactive ketones (excluding diaryl/α,β-unsaturated/α-hetero) is 1. The molecular weight excluding hydrogens is 256 g/mol. The summed E-state index contributed by atoms with van der Waals surface area (Å²) in [4.78, 5) is 16.8. The van der Waals surface area contributed by atoms with Crippen molar-refractivity contribution in [1.82, 2.24) is 10.3 Å². The average molecular weight is 282 g/mol. The second-order valence-corrected chi connectivity index (χ2v) is 8.05. The molecule has 3 nitrogen and oxygen atoms in total. The first-order valence-corrected chi connectivity index (χ1v) is 7.69. The summed E-state index contributed by atoms with van der Waals surface area (Å²) in [5, 5.41) is 5.45. The number of carbonyl (C=O) groups excluding carboxylic acids is 1. The predicted octanol–water partition coefficient (Wildman–Crippen LogP) is 3.45. The van der Waals surface area contributed by atoms with Crippen LogP contribution in [0, 0.1) is 5.41 Å². The largest absolute Gasteiger partial charge is 0.302 e. The summed E-state index contributed by atoms with van der Waals surface area (Å²) >= 11 is 1.57. The van der Waals surface area contributed by atoms with Crippen LogP contribution >= 0.6 is 11.3 Å². The average Bonchev–Trinajstić information content (AvgIpc) is 2.64. The van der Waals surface area contributed by atoms with Crippen LogP contribution in [0.2, 0.25) is 0 Å². The van der Waals surface area contributed by atoms with Crippen LogP contribution in [0.3, 0.4) is 0 Å². The second kappa shape index (κ2) is 6.14. The van der Waals surface area contributed by atoms with E-state index in [1.54, 1.807) is 11.3 Å². The molecule has 0 saturated carbocycles.